The number of hydrogen-bond donors (Lipinski definition) is 0. The van der Waals surface area contributed by atoms with Gasteiger partial charge in [-0.3, -0.25) is 4.79 Å². The van der Waals surface area contributed by atoms with Gasteiger partial charge >= 0.3 is 0 Å². The van der Waals surface area contributed by atoms with Crippen LogP contribution in [0.1, 0.15) is 53.8 Å². The summed E-state index contributed by atoms with van der Waals surface area (Å²) < 4.78 is 2.08. The first-order chi connectivity index (χ1) is 14.6. The fraction of sp³-hybridized carbons (Fsp3) is 0.333. The minimum Gasteiger partial charge on any atom is -0.329 e. The van der Waals surface area contributed by atoms with Crippen LogP contribution in [-0.4, -0.2) is 26.4 Å². The molecule has 1 fully saturated rings. The maximum Gasteiger partial charge on any atom is 0.254 e. The van der Waals surface area contributed by atoms with Crippen LogP contribution in [0.5, 0.6) is 0 Å². The number of carbonyl (C=O) groups excluding carboxylic acids is 1. The van der Waals surface area contributed by atoms with Crippen LogP contribution in [0.25, 0.3) is 0 Å². The Morgan fingerprint density at radius 1 is 1.03 bits per heavy atom. The van der Waals surface area contributed by atoms with Gasteiger partial charge in [0, 0.05) is 34.0 Å². The monoisotopic (exact) mass is 441 g/mol. The SMILES string of the molecule is O=C(c1ccc(Cl)cc1)N(Cc1nccn1Cc1ccccc1Cl)C1CCCCC1. The van der Waals surface area contributed by atoms with Crippen molar-refractivity contribution in [1.29, 1.82) is 0 Å². The molecule has 0 radical (unpaired) electrons. The number of benzene rings is 2. The number of halogens is 2. The molecule has 30 heavy (non-hydrogen) atoms. The summed E-state index contributed by atoms with van der Waals surface area (Å²) in [6.45, 7) is 1.10. The van der Waals surface area contributed by atoms with Crippen molar-refractivity contribution in [3.8, 4) is 0 Å². The Balaban J connectivity index is 1.59. The van der Waals surface area contributed by atoms with Crippen molar-refractivity contribution in [3.63, 3.8) is 0 Å². The Bertz CT molecular complexity index is 994. The maximum absolute atomic E-state index is 13.4. The van der Waals surface area contributed by atoms with Gasteiger partial charge < -0.3 is 9.47 Å². The van der Waals surface area contributed by atoms with E-state index in [0.29, 0.717) is 23.7 Å². The van der Waals surface area contributed by atoms with Gasteiger partial charge in [-0.05, 0) is 48.7 Å². The van der Waals surface area contributed by atoms with Crippen LogP contribution in [0.4, 0.5) is 0 Å². The molecule has 0 saturated heterocycles. The fourth-order valence-electron chi connectivity index (χ4n) is 4.12. The lowest BCUT2D eigenvalue weighted by atomic mass is 9.93. The van der Waals surface area contributed by atoms with Crippen molar-refractivity contribution < 1.29 is 4.79 Å². The summed E-state index contributed by atoms with van der Waals surface area (Å²) in [5, 5.41) is 1.37. The van der Waals surface area contributed by atoms with Crippen molar-refractivity contribution >= 4 is 29.1 Å². The van der Waals surface area contributed by atoms with E-state index in [1.807, 2.05) is 35.4 Å². The second-order valence-corrected chi connectivity index (χ2v) is 8.64. The lowest BCUT2D eigenvalue weighted by Crippen LogP contribution is -2.41. The Kier molecular flexibility index (Phi) is 6.76. The van der Waals surface area contributed by atoms with Crippen molar-refractivity contribution in [1.82, 2.24) is 14.5 Å². The highest BCUT2D eigenvalue weighted by atomic mass is 35.5. The smallest absolute Gasteiger partial charge is 0.254 e. The Labute approximate surface area is 187 Å². The molecular formula is C24H25Cl2N3O. The molecule has 0 spiro atoms. The van der Waals surface area contributed by atoms with Gasteiger partial charge in [0.2, 0.25) is 0 Å². The van der Waals surface area contributed by atoms with E-state index >= 15 is 0 Å². The van der Waals surface area contributed by atoms with Gasteiger partial charge in [0.1, 0.15) is 5.82 Å². The second kappa shape index (κ2) is 9.67. The van der Waals surface area contributed by atoms with Crippen LogP contribution in [0.3, 0.4) is 0 Å². The van der Waals surface area contributed by atoms with E-state index in [4.69, 9.17) is 23.2 Å². The number of aromatic nitrogens is 2. The summed E-state index contributed by atoms with van der Waals surface area (Å²) in [7, 11) is 0. The fourth-order valence-corrected chi connectivity index (χ4v) is 4.44. The first kappa shape index (κ1) is 21.0. The van der Waals surface area contributed by atoms with E-state index in [-0.39, 0.29) is 11.9 Å². The maximum atomic E-state index is 13.4. The molecule has 0 unspecified atom stereocenters. The third kappa shape index (κ3) is 4.88. The molecule has 1 heterocycles. The molecule has 1 aromatic heterocycles. The molecule has 4 nitrogen and oxygen atoms in total. The van der Waals surface area contributed by atoms with E-state index in [9.17, 15) is 4.79 Å². The number of amides is 1. The zero-order valence-electron chi connectivity index (χ0n) is 16.8. The van der Waals surface area contributed by atoms with Crippen molar-refractivity contribution in [3.05, 3.63) is 87.9 Å². The van der Waals surface area contributed by atoms with E-state index < -0.39 is 0 Å². The van der Waals surface area contributed by atoms with E-state index in [0.717, 1.165) is 42.1 Å². The van der Waals surface area contributed by atoms with Crippen LogP contribution in [-0.2, 0) is 13.1 Å². The van der Waals surface area contributed by atoms with Crippen LogP contribution in [0.2, 0.25) is 10.0 Å². The highest BCUT2D eigenvalue weighted by Crippen LogP contribution is 2.26. The van der Waals surface area contributed by atoms with Crippen LogP contribution in [0.15, 0.2) is 60.9 Å². The lowest BCUT2D eigenvalue weighted by molar-refractivity contribution is 0.0605. The number of hydrogen-bond acceptors (Lipinski definition) is 2. The first-order valence-electron chi connectivity index (χ1n) is 10.4. The van der Waals surface area contributed by atoms with Gasteiger partial charge in [-0.1, -0.05) is 60.7 Å². The molecule has 0 atom stereocenters. The molecule has 156 valence electrons. The lowest BCUT2D eigenvalue weighted by Gasteiger charge is -2.34. The van der Waals surface area contributed by atoms with Gasteiger partial charge in [0.05, 0.1) is 13.1 Å². The second-order valence-electron chi connectivity index (χ2n) is 7.79. The van der Waals surface area contributed by atoms with Crippen LogP contribution < -0.4 is 0 Å². The normalized spacial score (nSPS) is 14.6. The molecule has 6 heteroatoms. The summed E-state index contributed by atoms with van der Waals surface area (Å²) in [6.07, 6.45) is 9.35. The van der Waals surface area contributed by atoms with Gasteiger partial charge in [-0.25, -0.2) is 4.98 Å². The summed E-state index contributed by atoms with van der Waals surface area (Å²) in [5.74, 6) is 0.897. The predicted octanol–water partition coefficient (Wildman–Crippen LogP) is 6.21. The third-order valence-electron chi connectivity index (χ3n) is 5.78. The number of rotatable bonds is 6. The molecule has 1 amide bonds. The quantitative estimate of drug-likeness (QED) is 0.455. The highest BCUT2D eigenvalue weighted by Gasteiger charge is 2.27. The van der Waals surface area contributed by atoms with Crippen molar-refractivity contribution in [2.24, 2.45) is 0 Å². The summed E-state index contributed by atoms with van der Waals surface area (Å²) in [5.41, 5.74) is 1.70. The Morgan fingerprint density at radius 2 is 1.77 bits per heavy atom. The summed E-state index contributed by atoms with van der Waals surface area (Å²) in [4.78, 5) is 20.0. The first-order valence-corrected chi connectivity index (χ1v) is 11.2. The molecule has 4 rings (SSSR count). The standard InChI is InChI=1S/C24H25Cl2N3O/c25-20-12-10-18(11-13-20)24(30)29(21-7-2-1-3-8-21)17-23-27-14-15-28(23)16-19-6-4-5-9-22(19)26/h4-6,9-15,21H,1-3,7-8,16-17H2. The number of carbonyl (C=O) groups is 1. The molecule has 0 aliphatic heterocycles. The topological polar surface area (TPSA) is 38.1 Å². The molecule has 0 bridgehead atoms. The third-order valence-corrected chi connectivity index (χ3v) is 6.40. The largest absolute Gasteiger partial charge is 0.329 e. The minimum atomic E-state index is 0.0332. The molecule has 2 aromatic carbocycles. The molecule has 1 aliphatic rings. The zero-order chi connectivity index (χ0) is 20.9. The zero-order valence-corrected chi connectivity index (χ0v) is 18.3. The Hall–Kier alpha value is -2.30. The average Bonchev–Trinajstić information content (AvgIpc) is 3.21. The van der Waals surface area contributed by atoms with Gasteiger partial charge in [-0.15, -0.1) is 0 Å². The average molecular weight is 442 g/mol. The van der Waals surface area contributed by atoms with Crippen LogP contribution >= 0.6 is 23.2 Å². The highest BCUT2D eigenvalue weighted by molar-refractivity contribution is 6.31. The van der Waals surface area contributed by atoms with E-state index in [1.54, 1.807) is 30.5 Å². The van der Waals surface area contributed by atoms with E-state index in [1.165, 1.54) is 6.42 Å². The molecule has 1 saturated carbocycles. The van der Waals surface area contributed by atoms with Crippen LogP contribution in [0, 0.1) is 0 Å². The molecule has 0 N–H and O–H groups in total. The molecule has 3 aromatic rings. The van der Waals surface area contributed by atoms with Crippen molar-refractivity contribution in [2.45, 2.75) is 51.2 Å². The summed E-state index contributed by atoms with van der Waals surface area (Å²) in [6, 6.07) is 15.2. The molecule has 1 aliphatic carbocycles. The van der Waals surface area contributed by atoms with Crippen molar-refractivity contribution in [2.75, 3.05) is 0 Å². The van der Waals surface area contributed by atoms with Gasteiger partial charge in [0.15, 0.2) is 0 Å². The number of nitrogens with zero attached hydrogens (tertiary/aromatic N) is 3. The summed E-state index contributed by atoms with van der Waals surface area (Å²) >= 11 is 12.4. The molecular weight excluding hydrogens is 417 g/mol. The van der Waals surface area contributed by atoms with E-state index in [2.05, 4.69) is 9.55 Å². The Morgan fingerprint density at radius 3 is 2.50 bits per heavy atom. The van der Waals surface area contributed by atoms with Gasteiger partial charge in [0.25, 0.3) is 5.91 Å². The van der Waals surface area contributed by atoms with Gasteiger partial charge in [-0.2, -0.15) is 0 Å². The predicted molar refractivity (Wildman–Crippen MR) is 121 cm³/mol. The number of imidazole rings is 1. The minimum absolute atomic E-state index is 0.0332.